The van der Waals surface area contributed by atoms with Gasteiger partial charge in [-0.1, -0.05) is 43.0 Å². The largest absolute Gasteiger partial charge is 0.283 e. The smallest absolute Gasteiger partial charge is 0.229 e. The Morgan fingerprint density at radius 1 is 1.07 bits per heavy atom. The summed E-state index contributed by atoms with van der Waals surface area (Å²) in [5, 5.41) is 0. The van der Waals surface area contributed by atoms with Crippen LogP contribution in [0.4, 0.5) is 13.2 Å². The molecular formula is C24H26F3NO2. The topological polar surface area (TPSA) is 37.4 Å². The highest BCUT2D eigenvalue weighted by Crippen LogP contribution is 2.14. The zero-order valence-electron chi connectivity index (χ0n) is 17.0. The van der Waals surface area contributed by atoms with Crippen LogP contribution < -0.4 is 0 Å². The van der Waals surface area contributed by atoms with Crippen molar-refractivity contribution in [2.24, 2.45) is 0 Å². The van der Waals surface area contributed by atoms with E-state index >= 15 is 0 Å². The van der Waals surface area contributed by atoms with E-state index in [4.69, 9.17) is 0 Å². The van der Waals surface area contributed by atoms with Gasteiger partial charge in [-0.25, -0.2) is 13.2 Å². The van der Waals surface area contributed by atoms with Gasteiger partial charge in [0.2, 0.25) is 11.8 Å². The lowest BCUT2D eigenvalue weighted by Crippen LogP contribution is -2.31. The minimum absolute atomic E-state index is 0.0919. The number of carbonyl (C=O) groups is 2. The highest BCUT2D eigenvalue weighted by molar-refractivity contribution is 5.96. The molecule has 0 saturated carbocycles. The van der Waals surface area contributed by atoms with Crippen LogP contribution in [0.1, 0.15) is 31.7 Å². The Morgan fingerprint density at radius 2 is 1.70 bits per heavy atom. The lowest BCUT2D eigenvalue weighted by atomic mass is 10.1. The average molecular weight is 417 g/mol. The number of allylic oxidation sites excluding steroid dienone is 3. The van der Waals surface area contributed by atoms with Crippen molar-refractivity contribution >= 4 is 11.8 Å². The molecule has 1 aliphatic rings. The Labute approximate surface area is 175 Å². The summed E-state index contributed by atoms with van der Waals surface area (Å²) in [6, 6.07) is 11.1. The molecule has 1 fully saturated rings. The van der Waals surface area contributed by atoms with E-state index in [1.807, 2.05) is 19.1 Å². The molecule has 0 N–H and O–H groups in total. The van der Waals surface area contributed by atoms with Crippen LogP contribution in [0.2, 0.25) is 0 Å². The standard InChI is InChI=1S/C13H13F2NO2.C6H5F.C5H8/c14-10-6-9(7-11(15)8-10)3-4-13(18)16-5-1-2-12(16)17;7-6-4-2-1-3-5-6;1-3-5-4-2/h6-8H,1-5H2;1-5H;3-5H,1H2,2H3/b;;5-4-. The fraction of sp³-hybridized carbons (Fsp3) is 0.250. The molecule has 2 amide bonds. The molecule has 0 atom stereocenters. The van der Waals surface area contributed by atoms with Crippen LogP contribution in [-0.4, -0.2) is 23.3 Å². The molecule has 6 heteroatoms. The number of rotatable bonds is 4. The molecular weight excluding hydrogens is 391 g/mol. The second-order valence-electron chi connectivity index (χ2n) is 6.38. The van der Waals surface area contributed by atoms with E-state index in [2.05, 4.69) is 6.58 Å². The molecule has 3 nitrogen and oxygen atoms in total. The molecule has 1 heterocycles. The first-order chi connectivity index (χ1) is 14.4. The van der Waals surface area contributed by atoms with Crippen molar-refractivity contribution in [1.82, 2.24) is 4.90 Å². The number of imide groups is 1. The van der Waals surface area contributed by atoms with Crippen LogP contribution in [-0.2, 0) is 16.0 Å². The molecule has 1 saturated heterocycles. The number of likely N-dealkylation sites (tertiary alicyclic amines) is 1. The van der Waals surface area contributed by atoms with Gasteiger partial charge in [-0.3, -0.25) is 14.5 Å². The Morgan fingerprint density at radius 3 is 2.10 bits per heavy atom. The van der Waals surface area contributed by atoms with Crippen molar-refractivity contribution in [1.29, 1.82) is 0 Å². The Balaban J connectivity index is 0.000000307. The normalized spacial score (nSPS) is 12.7. The van der Waals surface area contributed by atoms with E-state index in [-0.39, 0.29) is 30.5 Å². The van der Waals surface area contributed by atoms with Crippen molar-refractivity contribution < 1.29 is 22.8 Å². The van der Waals surface area contributed by atoms with Crippen LogP contribution in [0, 0.1) is 17.5 Å². The highest BCUT2D eigenvalue weighted by atomic mass is 19.1. The summed E-state index contributed by atoms with van der Waals surface area (Å²) in [7, 11) is 0. The van der Waals surface area contributed by atoms with Crippen LogP contribution in [0.25, 0.3) is 0 Å². The van der Waals surface area contributed by atoms with E-state index in [9.17, 15) is 22.8 Å². The molecule has 0 unspecified atom stereocenters. The van der Waals surface area contributed by atoms with Crippen LogP contribution in [0.15, 0.2) is 73.3 Å². The number of aryl methyl sites for hydroxylation is 1. The Bertz CT molecular complexity index is 831. The summed E-state index contributed by atoms with van der Waals surface area (Å²) >= 11 is 0. The van der Waals surface area contributed by atoms with E-state index in [0.29, 0.717) is 24.9 Å². The van der Waals surface area contributed by atoms with Gasteiger partial charge < -0.3 is 0 Å². The first-order valence-corrected chi connectivity index (χ1v) is 9.59. The van der Waals surface area contributed by atoms with E-state index in [1.165, 1.54) is 29.2 Å². The first-order valence-electron chi connectivity index (χ1n) is 9.59. The van der Waals surface area contributed by atoms with Gasteiger partial charge in [0.15, 0.2) is 0 Å². The van der Waals surface area contributed by atoms with E-state index in [0.717, 1.165) is 6.07 Å². The van der Waals surface area contributed by atoms with Crippen LogP contribution >= 0.6 is 0 Å². The highest BCUT2D eigenvalue weighted by Gasteiger charge is 2.25. The van der Waals surface area contributed by atoms with Gasteiger partial charge in [-0.2, -0.15) is 0 Å². The minimum atomic E-state index is -0.658. The Kier molecular flexibility index (Phi) is 11.6. The molecule has 0 radical (unpaired) electrons. The molecule has 0 bridgehead atoms. The number of carbonyl (C=O) groups excluding carboxylic acids is 2. The lowest BCUT2D eigenvalue weighted by molar-refractivity contribution is -0.141. The number of halogens is 3. The van der Waals surface area contributed by atoms with Crippen molar-refractivity contribution in [3.63, 3.8) is 0 Å². The molecule has 0 aromatic heterocycles. The van der Waals surface area contributed by atoms with Crippen LogP contribution in [0.5, 0.6) is 0 Å². The number of hydrogen-bond acceptors (Lipinski definition) is 2. The summed E-state index contributed by atoms with van der Waals surface area (Å²) in [6.07, 6.45) is 7.00. The molecule has 3 rings (SSSR count). The van der Waals surface area contributed by atoms with Gasteiger partial charge in [-0.15, -0.1) is 0 Å². The van der Waals surface area contributed by atoms with Gasteiger partial charge in [0.25, 0.3) is 0 Å². The third kappa shape index (κ3) is 9.87. The predicted molar refractivity (Wildman–Crippen MR) is 112 cm³/mol. The third-order valence-corrected chi connectivity index (χ3v) is 3.99. The second-order valence-corrected chi connectivity index (χ2v) is 6.38. The van der Waals surface area contributed by atoms with Gasteiger partial charge >= 0.3 is 0 Å². The molecule has 1 aliphatic heterocycles. The maximum atomic E-state index is 12.9. The van der Waals surface area contributed by atoms with E-state index < -0.39 is 11.6 Å². The number of amides is 2. The zero-order valence-corrected chi connectivity index (χ0v) is 17.0. The second kappa shape index (κ2) is 13.9. The molecule has 2 aromatic carbocycles. The molecule has 30 heavy (non-hydrogen) atoms. The summed E-state index contributed by atoms with van der Waals surface area (Å²) < 4.78 is 37.8. The maximum Gasteiger partial charge on any atom is 0.229 e. The van der Waals surface area contributed by atoms with Gasteiger partial charge in [0.05, 0.1) is 0 Å². The quantitative estimate of drug-likeness (QED) is 0.606. The van der Waals surface area contributed by atoms with Crippen molar-refractivity contribution in [3.05, 3.63) is 96.4 Å². The molecule has 0 aliphatic carbocycles. The monoisotopic (exact) mass is 417 g/mol. The third-order valence-electron chi connectivity index (χ3n) is 3.99. The molecule has 160 valence electrons. The van der Waals surface area contributed by atoms with Gasteiger partial charge in [-0.05, 0) is 49.6 Å². The summed E-state index contributed by atoms with van der Waals surface area (Å²) in [6.45, 7) is 5.88. The average Bonchev–Trinajstić information content (AvgIpc) is 3.14. The van der Waals surface area contributed by atoms with Gasteiger partial charge in [0, 0.05) is 25.5 Å². The summed E-state index contributed by atoms with van der Waals surface area (Å²) in [4.78, 5) is 24.3. The summed E-state index contributed by atoms with van der Waals surface area (Å²) in [5.41, 5.74) is 0.424. The van der Waals surface area contributed by atoms with Crippen molar-refractivity contribution in [2.45, 2.75) is 32.6 Å². The lowest BCUT2D eigenvalue weighted by Gasteiger charge is -2.13. The van der Waals surface area contributed by atoms with Gasteiger partial charge in [0.1, 0.15) is 17.5 Å². The summed E-state index contributed by atoms with van der Waals surface area (Å²) in [5.74, 6) is -1.93. The maximum absolute atomic E-state index is 12.9. The number of hydrogen-bond donors (Lipinski definition) is 0. The number of benzene rings is 2. The minimum Gasteiger partial charge on any atom is -0.283 e. The van der Waals surface area contributed by atoms with Crippen molar-refractivity contribution in [3.8, 4) is 0 Å². The number of nitrogens with zero attached hydrogens (tertiary/aromatic N) is 1. The SMILES string of the molecule is C=C/C=C\C.Fc1ccccc1.O=C1CCCN1C(=O)CCc1cc(F)cc(F)c1. The first kappa shape index (κ1) is 24.9. The van der Waals surface area contributed by atoms with Crippen molar-refractivity contribution in [2.75, 3.05) is 6.54 Å². The fourth-order valence-electron chi connectivity index (χ4n) is 2.60. The Hall–Kier alpha value is -3.15. The molecule has 0 spiro atoms. The van der Waals surface area contributed by atoms with Crippen LogP contribution in [0.3, 0.4) is 0 Å². The van der Waals surface area contributed by atoms with E-state index in [1.54, 1.807) is 24.3 Å². The molecule has 2 aromatic rings. The zero-order chi connectivity index (χ0) is 22.4. The predicted octanol–water partition coefficient (Wildman–Crippen LogP) is 5.62. The fourth-order valence-corrected chi connectivity index (χ4v) is 2.60.